The Balaban J connectivity index is 3.90. The van der Waals surface area contributed by atoms with Gasteiger partial charge in [0.05, 0.1) is 5.60 Å². The van der Waals surface area contributed by atoms with Crippen LogP contribution in [0, 0.1) is 5.92 Å². The molecule has 0 aliphatic heterocycles. The summed E-state index contributed by atoms with van der Waals surface area (Å²) in [6.07, 6.45) is 2.06. The van der Waals surface area contributed by atoms with Crippen molar-refractivity contribution in [3.05, 3.63) is 0 Å². The molecule has 0 fully saturated rings. The molecule has 0 aliphatic carbocycles. The van der Waals surface area contributed by atoms with Crippen LogP contribution in [-0.2, 0) is 4.74 Å². The number of hydrogen-bond acceptors (Lipinski definition) is 1. The first-order chi connectivity index (χ1) is 5.43. The number of alkyl halides is 1. The topological polar surface area (TPSA) is 9.23 Å². The molecule has 12 heavy (non-hydrogen) atoms. The lowest BCUT2D eigenvalue weighted by molar-refractivity contribution is -0.0572. The lowest BCUT2D eigenvalue weighted by atomic mass is 10.1. The van der Waals surface area contributed by atoms with Crippen LogP contribution >= 0.6 is 11.6 Å². The molecule has 0 aromatic heterocycles. The first kappa shape index (κ1) is 12.2. The maximum atomic E-state index is 6.07. The summed E-state index contributed by atoms with van der Waals surface area (Å²) >= 11 is 6.07. The number of hydrogen-bond donors (Lipinski definition) is 0. The number of ether oxygens (including phenoxy) is 1. The second-order valence-corrected chi connectivity index (χ2v) is 4.40. The van der Waals surface area contributed by atoms with E-state index in [0.717, 1.165) is 12.8 Å². The highest BCUT2D eigenvalue weighted by atomic mass is 35.5. The van der Waals surface area contributed by atoms with Crippen molar-refractivity contribution in [1.29, 1.82) is 0 Å². The maximum absolute atomic E-state index is 6.07. The Labute approximate surface area is 81.4 Å². The van der Waals surface area contributed by atoms with Crippen LogP contribution in [0.2, 0.25) is 0 Å². The molecule has 0 saturated carbocycles. The van der Waals surface area contributed by atoms with E-state index in [9.17, 15) is 0 Å². The van der Waals surface area contributed by atoms with Crippen molar-refractivity contribution in [2.24, 2.45) is 5.92 Å². The first-order valence-electron chi connectivity index (χ1n) is 4.74. The van der Waals surface area contributed by atoms with Crippen molar-refractivity contribution in [3.8, 4) is 0 Å². The van der Waals surface area contributed by atoms with Gasteiger partial charge in [0.1, 0.15) is 5.56 Å². The average Bonchev–Trinajstić information content (AvgIpc) is 2.02. The van der Waals surface area contributed by atoms with Crippen molar-refractivity contribution >= 4 is 11.6 Å². The van der Waals surface area contributed by atoms with E-state index >= 15 is 0 Å². The third-order valence-corrected chi connectivity index (χ3v) is 2.89. The van der Waals surface area contributed by atoms with Crippen molar-refractivity contribution in [2.75, 3.05) is 0 Å². The van der Waals surface area contributed by atoms with Gasteiger partial charge < -0.3 is 4.74 Å². The monoisotopic (exact) mass is 192 g/mol. The van der Waals surface area contributed by atoms with Crippen LogP contribution in [-0.4, -0.2) is 11.2 Å². The van der Waals surface area contributed by atoms with E-state index in [2.05, 4.69) is 34.6 Å². The minimum Gasteiger partial charge on any atom is -0.356 e. The fraction of sp³-hybridized carbons (Fsp3) is 1.00. The lowest BCUT2D eigenvalue weighted by Gasteiger charge is -2.29. The molecule has 0 heterocycles. The van der Waals surface area contributed by atoms with Gasteiger partial charge in [0.25, 0.3) is 0 Å². The van der Waals surface area contributed by atoms with Crippen molar-refractivity contribution in [3.63, 3.8) is 0 Å². The SMILES string of the molecule is CCC(C)C(Cl)OC(C)(C)CC. The fourth-order valence-electron chi connectivity index (χ4n) is 0.690. The maximum Gasteiger partial charge on any atom is 0.134 e. The standard InChI is InChI=1S/C10H21ClO/c1-6-8(3)9(11)12-10(4,5)7-2/h8-9H,6-7H2,1-5H3. The van der Waals surface area contributed by atoms with Crippen LogP contribution in [0.25, 0.3) is 0 Å². The van der Waals surface area contributed by atoms with E-state index < -0.39 is 0 Å². The van der Waals surface area contributed by atoms with Crippen LogP contribution in [0.3, 0.4) is 0 Å². The zero-order valence-corrected chi connectivity index (χ0v) is 9.61. The average molecular weight is 193 g/mol. The quantitative estimate of drug-likeness (QED) is 0.603. The van der Waals surface area contributed by atoms with Gasteiger partial charge >= 0.3 is 0 Å². The molecule has 1 nitrogen and oxygen atoms in total. The van der Waals surface area contributed by atoms with Gasteiger partial charge in [0.2, 0.25) is 0 Å². The highest BCUT2D eigenvalue weighted by molar-refractivity contribution is 6.19. The zero-order chi connectivity index (χ0) is 9.78. The predicted octanol–water partition coefficient (Wildman–Crippen LogP) is 3.80. The molecule has 0 spiro atoms. The summed E-state index contributed by atoms with van der Waals surface area (Å²) in [7, 11) is 0. The molecule has 0 aromatic carbocycles. The van der Waals surface area contributed by atoms with Crippen LogP contribution in [0.5, 0.6) is 0 Å². The summed E-state index contributed by atoms with van der Waals surface area (Å²) in [5, 5.41) is 0. The summed E-state index contributed by atoms with van der Waals surface area (Å²) in [5.41, 5.74) is -0.236. The Kier molecular flexibility index (Phi) is 5.19. The van der Waals surface area contributed by atoms with Gasteiger partial charge in [0, 0.05) is 0 Å². The molecule has 0 N–H and O–H groups in total. The van der Waals surface area contributed by atoms with Gasteiger partial charge in [0.15, 0.2) is 0 Å². The molecule has 0 aliphatic rings. The molecule has 2 atom stereocenters. The largest absolute Gasteiger partial charge is 0.356 e. The molecule has 0 saturated heterocycles. The van der Waals surface area contributed by atoms with E-state index in [-0.39, 0.29) is 11.2 Å². The first-order valence-corrected chi connectivity index (χ1v) is 5.18. The molecule has 0 radical (unpaired) electrons. The van der Waals surface area contributed by atoms with Gasteiger partial charge in [-0.15, -0.1) is 0 Å². The Bertz CT molecular complexity index is 123. The Hall–Kier alpha value is 0.250. The van der Waals surface area contributed by atoms with Crippen LogP contribution < -0.4 is 0 Å². The van der Waals surface area contributed by atoms with Gasteiger partial charge in [-0.3, -0.25) is 0 Å². The molecule has 74 valence electrons. The fourth-order valence-corrected chi connectivity index (χ4v) is 1.11. The molecule has 2 unspecified atom stereocenters. The van der Waals surface area contributed by atoms with Crippen molar-refractivity contribution < 1.29 is 4.74 Å². The normalized spacial score (nSPS) is 17.5. The van der Waals surface area contributed by atoms with E-state index in [1.165, 1.54) is 0 Å². The Morgan fingerprint density at radius 3 is 2.17 bits per heavy atom. The summed E-state index contributed by atoms with van der Waals surface area (Å²) in [4.78, 5) is 0. The molecular weight excluding hydrogens is 172 g/mol. The van der Waals surface area contributed by atoms with Gasteiger partial charge in [-0.25, -0.2) is 0 Å². The summed E-state index contributed by atoms with van der Waals surface area (Å²) < 4.78 is 5.71. The summed E-state index contributed by atoms with van der Waals surface area (Å²) in [6, 6.07) is 0. The van der Waals surface area contributed by atoms with E-state index in [0.29, 0.717) is 5.92 Å². The van der Waals surface area contributed by atoms with Crippen LogP contribution in [0.1, 0.15) is 47.5 Å². The van der Waals surface area contributed by atoms with Crippen molar-refractivity contribution in [1.82, 2.24) is 0 Å². The summed E-state index contributed by atoms with van der Waals surface area (Å²) in [5.74, 6) is 0.428. The Morgan fingerprint density at radius 1 is 1.33 bits per heavy atom. The molecule has 2 heteroatoms. The van der Waals surface area contributed by atoms with Gasteiger partial charge in [-0.05, 0) is 32.6 Å². The molecule has 0 bridgehead atoms. The molecule has 0 amide bonds. The van der Waals surface area contributed by atoms with Crippen LogP contribution in [0.4, 0.5) is 0 Å². The zero-order valence-electron chi connectivity index (χ0n) is 8.86. The second kappa shape index (κ2) is 5.08. The lowest BCUT2D eigenvalue weighted by Crippen LogP contribution is -2.30. The van der Waals surface area contributed by atoms with E-state index in [1.807, 2.05) is 0 Å². The van der Waals surface area contributed by atoms with E-state index in [4.69, 9.17) is 16.3 Å². The molecule has 0 rings (SSSR count). The highest BCUT2D eigenvalue weighted by Crippen LogP contribution is 2.24. The summed E-state index contributed by atoms with van der Waals surface area (Å²) in [6.45, 7) is 10.5. The number of halogens is 1. The third-order valence-electron chi connectivity index (χ3n) is 2.37. The van der Waals surface area contributed by atoms with E-state index in [1.54, 1.807) is 0 Å². The minimum absolute atomic E-state index is 0.0875. The van der Waals surface area contributed by atoms with Crippen LogP contribution in [0.15, 0.2) is 0 Å². The second-order valence-electron chi connectivity index (χ2n) is 3.97. The third kappa shape index (κ3) is 4.32. The van der Waals surface area contributed by atoms with Gasteiger partial charge in [-0.2, -0.15) is 0 Å². The number of rotatable bonds is 5. The predicted molar refractivity (Wildman–Crippen MR) is 54.6 cm³/mol. The minimum atomic E-state index is -0.148. The van der Waals surface area contributed by atoms with Crippen molar-refractivity contribution in [2.45, 2.75) is 58.6 Å². The highest BCUT2D eigenvalue weighted by Gasteiger charge is 2.23. The smallest absolute Gasteiger partial charge is 0.134 e. The molecular formula is C10H21ClO. The van der Waals surface area contributed by atoms with Gasteiger partial charge in [-0.1, -0.05) is 32.4 Å². The Morgan fingerprint density at radius 2 is 1.83 bits per heavy atom. The molecule has 0 aromatic rings.